The van der Waals surface area contributed by atoms with Crippen molar-refractivity contribution in [1.29, 1.82) is 0 Å². The molecule has 7 heteroatoms. The van der Waals surface area contributed by atoms with E-state index in [1.807, 2.05) is 83.0 Å². The number of hydrogen-bond donors (Lipinski definition) is 0. The monoisotopic (exact) mass is 554 g/mol. The van der Waals surface area contributed by atoms with Gasteiger partial charge in [0, 0.05) is 28.6 Å². The van der Waals surface area contributed by atoms with Crippen LogP contribution in [0.2, 0.25) is 0 Å². The smallest absolute Gasteiger partial charge is 0.419 e. The molecule has 0 saturated heterocycles. The van der Waals surface area contributed by atoms with Gasteiger partial charge in [0.25, 0.3) is 0 Å². The number of aromatic nitrogens is 1. The fourth-order valence-corrected chi connectivity index (χ4v) is 5.09. The van der Waals surface area contributed by atoms with Crippen molar-refractivity contribution in [2.75, 3.05) is 6.54 Å². The normalized spacial score (nSPS) is 15.6. The first kappa shape index (κ1) is 26.3. The summed E-state index contributed by atoms with van der Waals surface area (Å²) in [5.41, 5.74) is 3.12. The van der Waals surface area contributed by atoms with Gasteiger partial charge in [-0.3, -0.25) is 4.57 Å². The number of carbonyl (C=O) groups excluding carboxylic acids is 2. The number of fused-ring (bicyclic) bond motifs is 2. The van der Waals surface area contributed by atoms with Crippen LogP contribution >= 0.6 is 15.9 Å². The van der Waals surface area contributed by atoms with Crippen molar-refractivity contribution in [2.24, 2.45) is 0 Å². The molecule has 0 fully saturated rings. The number of rotatable bonds is 4. The summed E-state index contributed by atoms with van der Waals surface area (Å²) in [5, 5.41) is 0.978. The third-order valence-corrected chi connectivity index (χ3v) is 6.65. The van der Waals surface area contributed by atoms with Gasteiger partial charge in [-0.1, -0.05) is 40.2 Å². The largest absolute Gasteiger partial charge is 0.444 e. The SMILES string of the molecule is CC(C)(C)OC(=O)N(CCc1cn(C(=O)OC(C)(C)C)c2ccccc12)C1Cc2ccc(Br)cc2C1. The Balaban J connectivity index is 1.60. The summed E-state index contributed by atoms with van der Waals surface area (Å²) >= 11 is 3.56. The topological polar surface area (TPSA) is 60.8 Å². The molecule has 4 rings (SSSR count). The average molecular weight is 556 g/mol. The fourth-order valence-electron chi connectivity index (χ4n) is 4.68. The maximum Gasteiger partial charge on any atom is 0.419 e. The summed E-state index contributed by atoms with van der Waals surface area (Å²) in [7, 11) is 0. The molecule has 1 aliphatic carbocycles. The van der Waals surface area contributed by atoms with Crippen molar-refractivity contribution in [2.45, 2.75) is 78.0 Å². The number of amides is 1. The van der Waals surface area contributed by atoms with Gasteiger partial charge >= 0.3 is 12.2 Å². The first-order chi connectivity index (χ1) is 16.8. The highest BCUT2D eigenvalue weighted by atomic mass is 79.9. The maximum atomic E-state index is 13.3. The molecule has 1 atom stereocenters. The summed E-state index contributed by atoms with van der Waals surface area (Å²) in [4.78, 5) is 28.1. The van der Waals surface area contributed by atoms with Crippen LogP contribution in [0, 0.1) is 0 Å². The van der Waals surface area contributed by atoms with Crippen LogP contribution in [0.3, 0.4) is 0 Å². The molecule has 3 aromatic rings. The van der Waals surface area contributed by atoms with Crippen LogP contribution in [0.15, 0.2) is 53.1 Å². The molecule has 1 heterocycles. The van der Waals surface area contributed by atoms with Gasteiger partial charge in [-0.15, -0.1) is 0 Å². The fraction of sp³-hybridized carbons (Fsp3) is 0.448. The van der Waals surface area contributed by atoms with E-state index in [9.17, 15) is 9.59 Å². The van der Waals surface area contributed by atoms with E-state index >= 15 is 0 Å². The Morgan fingerprint density at radius 3 is 2.33 bits per heavy atom. The predicted molar refractivity (Wildman–Crippen MR) is 146 cm³/mol. The number of nitrogens with zero attached hydrogens (tertiary/aromatic N) is 2. The van der Waals surface area contributed by atoms with E-state index in [1.54, 1.807) is 4.57 Å². The number of carbonyl (C=O) groups is 2. The van der Waals surface area contributed by atoms with E-state index in [0.29, 0.717) is 13.0 Å². The molecule has 2 aromatic carbocycles. The van der Waals surface area contributed by atoms with Gasteiger partial charge in [-0.25, -0.2) is 9.59 Å². The van der Waals surface area contributed by atoms with Crippen molar-refractivity contribution >= 4 is 39.0 Å². The number of halogens is 1. The molecule has 192 valence electrons. The Morgan fingerprint density at radius 1 is 0.972 bits per heavy atom. The van der Waals surface area contributed by atoms with E-state index in [4.69, 9.17) is 9.47 Å². The van der Waals surface area contributed by atoms with Crippen LogP contribution in [0.25, 0.3) is 10.9 Å². The molecule has 0 spiro atoms. The highest BCUT2D eigenvalue weighted by Gasteiger charge is 2.33. The summed E-state index contributed by atoms with van der Waals surface area (Å²) in [5.74, 6) is 0. The number of para-hydroxylation sites is 1. The minimum atomic E-state index is -0.595. The summed E-state index contributed by atoms with van der Waals surface area (Å²) in [6.07, 6.45) is 3.29. The van der Waals surface area contributed by atoms with Gasteiger partial charge in [0.2, 0.25) is 0 Å². The van der Waals surface area contributed by atoms with Crippen LogP contribution in [-0.2, 0) is 28.7 Å². The lowest BCUT2D eigenvalue weighted by Gasteiger charge is -2.31. The summed E-state index contributed by atoms with van der Waals surface area (Å²) in [6, 6.07) is 14.1. The highest BCUT2D eigenvalue weighted by Crippen LogP contribution is 2.30. The van der Waals surface area contributed by atoms with Crippen molar-refractivity contribution in [3.63, 3.8) is 0 Å². The first-order valence-corrected chi connectivity index (χ1v) is 13.2. The lowest BCUT2D eigenvalue weighted by molar-refractivity contribution is 0.0171. The van der Waals surface area contributed by atoms with Gasteiger partial charge in [0.1, 0.15) is 11.2 Å². The third-order valence-electron chi connectivity index (χ3n) is 6.15. The molecule has 36 heavy (non-hydrogen) atoms. The van der Waals surface area contributed by atoms with E-state index in [-0.39, 0.29) is 12.1 Å². The quantitative estimate of drug-likeness (QED) is 0.344. The van der Waals surface area contributed by atoms with Crippen LogP contribution < -0.4 is 0 Å². The van der Waals surface area contributed by atoms with Crippen LogP contribution in [0.4, 0.5) is 9.59 Å². The number of hydrogen-bond acceptors (Lipinski definition) is 4. The molecular formula is C29H35BrN2O4. The van der Waals surface area contributed by atoms with Crippen LogP contribution in [0.5, 0.6) is 0 Å². The van der Waals surface area contributed by atoms with E-state index < -0.39 is 17.3 Å². The molecule has 1 aliphatic rings. The zero-order valence-corrected chi connectivity index (χ0v) is 23.5. The van der Waals surface area contributed by atoms with Gasteiger partial charge in [0.05, 0.1) is 5.52 Å². The molecule has 0 bridgehead atoms. The number of benzene rings is 2. The van der Waals surface area contributed by atoms with Crippen molar-refractivity contribution in [3.8, 4) is 0 Å². The van der Waals surface area contributed by atoms with Gasteiger partial charge < -0.3 is 14.4 Å². The maximum absolute atomic E-state index is 13.3. The van der Waals surface area contributed by atoms with Gasteiger partial charge in [-0.2, -0.15) is 0 Å². The predicted octanol–water partition coefficient (Wildman–Crippen LogP) is 7.13. The van der Waals surface area contributed by atoms with Crippen LogP contribution in [0.1, 0.15) is 58.2 Å². The van der Waals surface area contributed by atoms with Crippen molar-refractivity contribution < 1.29 is 19.1 Å². The van der Waals surface area contributed by atoms with Crippen molar-refractivity contribution in [1.82, 2.24) is 9.47 Å². The molecular weight excluding hydrogens is 520 g/mol. The van der Waals surface area contributed by atoms with Gasteiger partial charge in [0.15, 0.2) is 0 Å². The van der Waals surface area contributed by atoms with Gasteiger partial charge in [-0.05, 0) is 95.7 Å². The summed E-state index contributed by atoms with van der Waals surface area (Å²) in [6.45, 7) is 11.7. The second-order valence-electron chi connectivity index (χ2n) is 11.4. The third kappa shape index (κ3) is 6.12. The standard InChI is InChI=1S/C29H35BrN2O4/c1-28(2,3)35-26(33)31(23-16-19-11-12-22(30)15-21(19)17-23)14-13-20-18-32(27(34)36-29(4,5)6)25-10-8-7-9-24(20)25/h7-12,15,18,23H,13-14,16-17H2,1-6H3. The Morgan fingerprint density at radius 2 is 1.64 bits per heavy atom. The highest BCUT2D eigenvalue weighted by molar-refractivity contribution is 9.10. The average Bonchev–Trinajstić information content (AvgIpc) is 3.33. The minimum absolute atomic E-state index is 0.0170. The Hall–Kier alpha value is -2.80. The minimum Gasteiger partial charge on any atom is -0.444 e. The van der Waals surface area contributed by atoms with E-state index in [0.717, 1.165) is 33.8 Å². The molecule has 0 saturated carbocycles. The Kier molecular flexibility index (Phi) is 7.24. The molecule has 0 N–H and O–H groups in total. The second-order valence-corrected chi connectivity index (χ2v) is 12.3. The Labute approximate surface area is 221 Å². The Bertz CT molecular complexity index is 1280. The molecule has 0 aliphatic heterocycles. The number of ether oxygens (including phenoxy) is 2. The lowest BCUT2D eigenvalue weighted by atomic mass is 10.1. The van der Waals surface area contributed by atoms with Crippen molar-refractivity contribution in [3.05, 3.63) is 69.8 Å². The molecule has 1 unspecified atom stereocenters. The second kappa shape index (κ2) is 9.92. The van der Waals surface area contributed by atoms with Crippen LogP contribution in [-0.4, -0.2) is 45.4 Å². The molecule has 1 aromatic heterocycles. The zero-order valence-electron chi connectivity index (χ0n) is 21.9. The van der Waals surface area contributed by atoms with E-state index in [2.05, 4.69) is 28.1 Å². The molecule has 1 amide bonds. The molecule has 0 radical (unpaired) electrons. The first-order valence-electron chi connectivity index (χ1n) is 12.4. The van der Waals surface area contributed by atoms with E-state index in [1.165, 1.54) is 11.1 Å². The zero-order chi connectivity index (χ0) is 26.3. The lowest BCUT2D eigenvalue weighted by Crippen LogP contribution is -2.45. The molecule has 6 nitrogen and oxygen atoms in total. The summed E-state index contributed by atoms with van der Waals surface area (Å²) < 4.78 is 14.0.